The second-order valence-corrected chi connectivity index (χ2v) is 27.4. The lowest BCUT2D eigenvalue weighted by Gasteiger charge is -2.20. The van der Waals surface area contributed by atoms with E-state index in [0.29, 0.717) is 19.4 Å². The van der Waals surface area contributed by atoms with Crippen molar-refractivity contribution in [3.63, 3.8) is 0 Å². The number of esters is 1. The van der Waals surface area contributed by atoms with Gasteiger partial charge in [-0.2, -0.15) is 0 Å². The van der Waals surface area contributed by atoms with Crippen LogP contribution in [0.4, 0.5) is 0 Å². The molecule has 1 amide bonds. The number of rotatable bonds is 75. The Morgan fingerprint density at radius 1 is 0.310 bits per heavy atom. The summed E-state index contributed by atoms with van der Waals surface area (Å²) in [5.74, 6) is -0.0501. The predicted molar refractivity (Wildman–Crippen MR) is 384 cm³/mol. The van der Waals surface area contributed by atoms with Crippen molar-refractivity contribution in [1.82, 2.24) is 5.32 Å². The maximum absolute atomic E-state index is 12.6. The lowest BCUT2D eigenvalue weighted by Crippen LogP contribution is -2.45. The Labute approximate surface area is 544 Å². The third kappa shape index (κ3) is 73.0. The minimum atomic E-state index is -0.844. The zero-order valence-electron chi connectivity index (χ0n) is 59.0. The fourth-order valence-electron chi connectivity index (χ4n) is 12.6. The number of unbranched alkanes of at least 4 members (excludes halogenated alkanes) is 60. The van der Waals surface area contributed by atoms with E-state index < -0.39 is 12.1 Å². The second kappa shape index (κ2) is 76.5. The molecule has 6 heteroatoms. The van der Waals surface area contributed by atoms with Crippen molar-refractivity contribution in [3.8, 4) is 0 Å². The van der Waals surface area contributed by atoms with Gasteiger partial charge in [0.2, 0.25) is 5.91 Å². The molecule has 0 bridgehead atoms. The van der Waals surface area contributed by atoms with Crippen LogP contribution < -0.4 is 5.32 Å². The Morgan fingerprint density at radius 2 is 0.540 bits per heavy atom. The van der Waals surface area contributed by atoms with Crippen LogP contribution in [-0.2, 0) is 14.3 Å². The molecule has 6 nitrogen and oxygen atoms in total. The minimum Gasteiger partial charge on any atom is -0.466 e. The average Bonchev–Trinajstić information content (AvgIpc) is 3.54. The molecule has 0 radical (unpaired) electrons. The Hall–Kier alpha value is -1.92. The van der Waals surface area contributed by atoms with E-state index in [0.717, 1.165) is 44.9 Å². The van der Waals surface area contributed by atoms with Crippen molar-refractivity contribution in [2.75, 3.05) is 13.2 Å². The smallest absolute Gasteiger partial charge is 0.305 e. The second-order valence-electron chi connectivity index (χ2n) is 27.4. The summed E-state index contributed by atoms with van der Waals surface area (Å²) in [6.07, 6.45) is 99.8. The van der Waals surface area contributed by atoms with Gasteiger partial charge in [0.1, 0.15) is 0 Å². The van der Waals surface area contributed by atoms with Crippen molar-refractivity contribution < 1.29 is 24.5 Å². The van der Waals surface area contributed by atoms with Gasteiger partial charge in [-0.1, -0.05) is 384 Å². The Morgan fingerprint density at radius 3 is 0.828 bits per heavy atom. The summed E-state index contributed by atoms with van der Waals surface area (Å²) in [6, 6.07) is -0.627. The van der Waals surface area contributed by atoms with E-state index in [1.54, 1.807) is 6.08 Å². The normalized spacial score (nSPS) is 12.6. The van der Waals surface area contributed by atoms with Gasteiger partial charge >= 0.3 is 5.97 Å². The number of ether oxygens (including phenoxy) is 1. The lowest BCUT2D eigenvalue weighted by molar-refractivity contribution is -0.143. The van der Waals surface area contributed by atoms with Gasteiger partial charge in [0, 0.05) is 12.8 Å². The fraction of sp³-hybridized carbons (Fsp3) is 0.901. The van der Waals surface area contributed by atoms with Crippen LogP contribution in [0.3, 0.4) is 0 Å². The fourth-order valence-corrected chi connectivity index (χ4v) is 12.6. The number of allylic oxidation sites excluding steroid dienone is 5. The van der Waals surface area contributed by atoms with Crippen molar-refractivity contribution in [3.05, 3.63) is 36.5 Å². The molecule has 0 aliphatic heterocycles. The van der Waals surface area contributed by atoms with E-state index in [2.05, 4.69) is 43.5 Å². The first-order chi connectivity index (χ1) is 43.0. The van der Waals surface area contributed by atoms with Crippen LogP contribution in [0.5, 0.6) is 0 Å². The van der Waals surface area contributed by atoms with Crippen LogP contribution in [0.2, 0.25) is 0 Å². The van der Waals surface area contributed by atoms with Crippen molar-refractivity contribution >= 4 is 11.9 Å². The van der Waals surface area contributed by atoms with Crippen molar-refractivity contribution in [1.29, 1.82) is 0 Å². The molecule has 0 aliphatic carbocycles. The SMILES string of the molecule is CCCCCC/C=C\CCCCCCCC(=O)OCCCCCCCCCCCCCC/C=C\CCCCCCCCCCCCCCCCCCCC(=O)NC(CO)C(O)/C=C/CCCCCCCCCCCCCCCCCCCCCCCC. The summed E-state index contributed by atoms with van der Waals surface area (Å²) in [6.45, 7) is 4.93. The minimum absolute atomic E-state index is 0.00979. The number of aliphatic hydroxyl groups is 2. The number of carbonyl (C=O) groups is 2. The van der Waals surface area contributed by atoms with E-state index in [4.69, 9.17) is 4.74 Å². The van der Waals surface area contributed by atoms with Crippen molar-refractivity contribution in [2.24, 2.45) is 0 Å². The van der Waals surface area contributed by atoms with Gasteiger partial charge in [0.05, 0.1) is 25.4 Å². The molecule has 0 heterocycles. The number of nitrogens with one attached hydrogen (secondary N) is 1. The van der Waals surface area contributed by atoms with Crippen molar-refractivity contribution in [2.45, 2.75) is 456 Å². The predicted octanol–water partition coefficient (Wildman–Crippen LogP) is 26.2. The molecule has 514 valence electrons. The first-order valence-electron chi connectivity index (χ1n) is 39.8. The number of hydrogen-bond acceptors (Lipinski definition) is 5. The molecule has 0 rings (SSSR count). The van der Waals surface area contributed by atoms with E-state index in [-0.39, 0.29) is 18.5 Å². The third-order valence-corrected chi connectivity index (χ3v) is 18.6. The summed E-state index contributed by atoms with van der Waals surface area (Å²) >= 11 is 0. The van der Waals surface area contributed by atoms with E-state index in [1.165, 1.54) is 372 Å². The molecule has 3 N–H and O–H groups in total. The van der Waals surface area contributed by atoms with Gasteiger partial charge in [0.25, 0.3) is 0 Å². The standard InChI is InChI=1S/C81H155NO5/c1-3-5-7-9-11-13-15-17-18-19-20-21-22-34-37-40-43-46-50-53-57-61-65-69-73-79(84)78(77-83)82-80(85)74-70-66-62-58-54-51-47-44-41-38-35-32-30-28-26-24-23-25-27-29-31-33-36-39-42-45-48-52-56-60-64-68-72-76-87-81(86)75-71-67-63-59-55-49-16-14-12-10-8-6-4-2/h14,16,27,29,69,73,78-79,83-84H,3-13,15,17-26,28,30-68,70-72,74-77H2,1-2H3,(H,82,85)/b16-14-,29-27-,73-69+. The summed E-state index contributed by atoms with van der Waals surface area (Å²) in [4.78, 5) is 24.6. The van der Waals surface area contributed by atoms with E-state index in [9.17, 15) is 19.8 Å². The molecular formula is C81H155NO5. The summed E-state index contributed by atoms with van der Waals surface area (Å²) in [7, 11) is 0. The van der Waals surface area contributed by atoms with Gasteiger partial charge in [-0.25, -0.2) is 0 Å². The zero-order valence-corrected chi connectivity index (χ0v) is 59.0. The van der Waals surface area contributed by atoms with Crippen LogP contribution in [0.25, 0.3) is 0 Å². The first kappa shape index (κ1) is 85.1. The highest BCUT2D eigenvalue weighted by Crippen LogP contribution is 2.20. The molecule has 0 saturated heterocycles. The molecule has 2 unspecified atom stereocenters. The van der Waals surface area contributed by atoms with Gasteiger partial charge in [-0.3, -0.25) is 9.59 Å². The zero-order chi connectivity index (χ0) is 62.8. The molecule has 0 aromatic carbocycles. The Bertz CT molecular complexity index is 1410. The molecular weight excluding hydrogens is 1070 g/mol. The van der Waals surface area contributed by atoms with Gasteiger partial charge in [-0.05, 0) is 83.5 Å². The van der Waals surface area contributed by atoms with Gasteiger partial charge in [0.15, 0.2) is 0 Å². The molecule has 2 atom stereocenters. The van der Waals surface area contributed by atoms with E-state index in [1.807, 2.05) is 6.08 Å². The Kier molecular flexibility index (Phi) is 74.8. The molecule has 0 aromatic rings. The quantitative estimate of drug-likeness (QED) is 0.0320. The highest BCUT2D eigenvalue weighted by Gasteiger charge is 2.18. The number of amides is 1. The summed E-state index contributed by atoms with van der Waals surface area (Å²) in [5, 5.41) is 23.3. The van der Waals surface area contributed by atoms with Crippen LogP contribution in [0.15, 0.2) is 36.5 Å². The number of aliphatic hydroxyl groups excluding tert-OH is 2. The monoisotopic (exact) mass is 1220 g/mol. The largest absolute Gasteiger partial charge is 0.466 e. The molecule has 0 fully saturated rings. The van der Waals surface area contributed by atoms with Gasteiger partial charge < -0.3 is 20.3 Å². The molecule has 0 spiro atoms. The van der Waals surface area contributed by atoms with Gasteiger partial charge in [-0.15, -0.1) is 0 Å². The average molecular weight is 1220 g/mol. The van der Waals surface area contributed by atoms with Crippen LogP contribution >= 0.6 is 0 Å². The van der Waals surface area contributed by atoms with E-state index >= 15 is 0 Å². The number of carbonyl (C=O) groups excluding carboxylic acids is 2. The molecule has 0 aliphatic rings. The maximum atomic E-state index is 12.6. The third-order valence-electron chi connectivity index (χ3n) is 18.6. The number of hydrogen-bond donors (Lipinski definition) is 3. The van der Waals surface area contributed by atoms with Crippen LogP contribution in [-0.4, -0.2) is 47.4 Å². The highest BCUT2D eigenvalue weighted by molar-refractivity contribution is 5.76. The molecule has 0 saturated carbocycles. The summed E-state index contributed by atoms with van der Waals surface area (Å²) < 4.78 is 5.48. The first-order valence-corrected chi connectivity index (χ1v) is 39.8. The highest BCUT2D eigenvalue weighted by atomic mass is 16.5. The van der Waals surface area contributed by atoms with Crippen LogP contribution in [0.1, 0.15) is 444 Å². The topological polar surface area (TPSA) is 95.9 Å². The Balaban J connectivity index is 3.38. The lowest BCUT2D eigenvalue weighted by atomic mass is 10.0. The maximum Gasteiger partial charge on any atom is 0.305 e. The molecule has 87 heavy (non-hydrogen) atoms. The molecule has 0 aromatic heterocycles. The summed E-state index contributed by atoms with van der Waals surface area (Å²) in [5.41, 5.74) is 0. The van der Waals surface area contributed by atoms with Crippen LogP contribution in [0, 0.1) is 0 Å².